The number of benzene rings is 1. The van der Waals surface area contributed by atoms with Gasteiger partial charge in [-0.05, 0) is 31.3 Å². The van der Waals surface area contributed by atoms with E-state index < -0.39 is 16.0 Å². The minimum Gasteiger partial charge on any atom is -0.481 e. The number of rotatable bonds is 3. The van der Waals surface area contributed by atoms with Crippen molar-refractivity contribution in [2.75, 3.05) is 33.2 Å². The van der Waals surface area contributed by atoms with Crippen LogP contribution in [0.25, 0.3) is 21.8 Å². The van der Waals surface area contributed by atoms with Gasteiger partial charge in [-0.2, -0.15) is 4.31 Å². The summed E-state index contributed by atoms with van der Waals surface area (Å²) in [6, 6.07) is 6.66. The minimum absolute atomic E-state index is 0.211. The molecule has 1 aromatic carbocycles. The second-order valence-electron chi connectivity index (χ2n) is 6.88. The zero-order valence-corrected chi connectivity index (χ0v) is 17.1. The summed E-state index contributed by atoms with van der Waals surface area (Å²) in [7, 11) is -1.55. The average molecular weight is 420 g/mol. The summed E-state index contributed by atoms with van der Waals surface area (Å²) in [6.45, 7) is 4.02. The maximum absolute atomic E-state index is 12.9. The second kappa shape index (κ2) is 8.36. The molecule has 3 heterocycles. The first-order valence-corrected chi connectivity index (χ1v) is 10.7. The molecule has 29 heavy (non-hydrogen) atoms. The third-order valence-electron chi connectivity index (χ3n) is 4.91. The topological polar surface area (TPSA) is 127 Å². The fourth-order valence-corrected chi connectivity index (χ4v) is 4.61. The number of pyridine rings is 1. The van der Waals surface area contributed by atoms with Crippen LogP contribution in [0.5, 0.6) is 0 Å². The number of fused-ring (bicyclic) bond motifs is 3. The van der Waals surface area contributed by atoms with E-state index in [0.29, 0.717) is 24.1 Å². The van der Waals surface area contributed by atoms with Crippen molar-refractivity contribution in [3.63, 3.8) is 0 Å². The third kappa shape index (κ3) is 4.34. The molecule has 0 atom stereocenters. The summed E-state index contributed by atoms with van der Waals surface area (Å²) in [6.07, 6.45) is 1.90. The molecule has 1 aliphatic rings. The van der Waals surface area contributed by atoms with Crippen LogP contribution in [0.15, 0.2) is 40.2 Å². The van der Waals surface area contributed by atoms with Gasteiger partial charge in [0, 0.05) is 55.1 Å². The molecule has 10 heteroatoms. The molecular weight excluding hydrogens is 396 g/mol. The number of H-pyrrole nitrogens is 2. The van der Waals surface area contributed by atoms with Gasteiger partial charge in [0.25, 0.3) is 5.56 Å². The van der Waals surface area contributed by atoms with Gasteiger partial charge in [0.2, 0.25) is 10.0 Å². The van der Waals surface area contributed by atoms with Crippen molar-refractivity contribution in [3.05, 3.63) is 40.8 Å². The van der Waals surface area contributed by atoms with Gasteiger partial charge in [-0.25, -0.2) is 8.42 Å². The number of likely N-dealkylation sites (N-methyl/N-ethyl adjacent to an activating group) is 1. The summed E-state index contributed by atoms with van der Waals surface area (Å²) >= 11 is 0. The minimum atomic E-state index is -3.53. The number of hydrogen-bond donors (Lipinski definition) is 3. The lowest BCUT2D eigenvalue weighted by Crippen LogP contribution is -2.47. The number of nitrogens with one attached hydrogen (secondary N) is 2. The number of hydrogen-bond acceptors (Lipinski definition) is 5. The Hall–Kier alpha value is -2.69. The predicted octanol–water partition coefficient (Wildman–Crippen LogP) is 1.43. The van der Waals surface area contributed by atoms with E-state index in [1.165, 1.54) is 4.31 Å². The van der Waals surface area contributed by atoms with Crippen molar-refractivity contribution >= 4 is 37.8 Å². The molecule has 3 N–H and O–H groups in total. The first-order valence-electron chi connectivity index (χ1n) is 9.27. The SMILES string of the molecule is CCC(=O)O.CN1CCN(S(=O)(=O)c2ccc3[nH]c(=O)c4[nH]ccc4c3c2)CC1. The molecule has 1 saturated heterocycles. The van der Waals surface area contributed by atoms with Gasteiger partial charge >= 0.3 is 5.97 Å². The van der Waals surface area contributed by atoms with Crippen molar-refractivity contribution in [2.45, 2.75) is 18.2 Å². The zero-order chi connectivity index (χ0) is 21.2. The Balaban J connectivity index is 0.000000431. The summed E-state index contributed by atoms with van der Waals surface area (Å²) in [5.74, 6) is -0.745. The van der Waals surface area contributed by atoms with Gasteiger partial charge in [0.05, 0.1) is 4.90 Å². The van der Waals surface area contributed by atoms with E-state index in [9.17, 15) is 18.0 Å². The van der Waals surface area contributed by atoms with Crippen molar-refractivity contribution in [3.8, 4) is 0 Å². The van der Waals surface area contributed by atoms with Crippen LogP contribution in [0.1, 0.15) is 13.3 Å². The Morgan fingerprint density at radius 1 is 1.14 bits per heavy atom. The van der Waals surface area contributed by atoms with Crippen LogP contribution < -0.4 is 5.56 Å². The molecule has 3 aromatic rings. The molecule has 2 aromatic heterocycles. The molecule has 0 aliphatic carbocycles. The van der Waals surface area contributed by atoms with Crippen molar-refractivity contribution < 1.29 is 18.3 Å². The Morgan fingerprint density at radius 2 is 1.79 bits per heavy atom. The number of nitrogens with zero attached hydrogens (tertiary/aromatic N) is 2. The first-order chi connectivity index (χ1) is 13.7. The maximum atomic E-state index is 12.9. The normalized spacial score (nSPS) is 15.9. The summed E-state index contributed by atoms with van der Waals surface area (Å²) in [5.41, 5.74) is 0.873. The van der Waals surface area contributed by atoms with E-state index in [-0.39, 0.29) is 16.9 Å². The largest absolute Gasteiger partial charge is 0.481 e. The summed E-state index contributed by atoms with van der Waals surface area (Å²) in [5, 5.41) is 9.17. The molecule has 0 radical (unpaired) electrons. The van der Waals surface area contributed by atoms with Crippen molar-refractivity contribution in [2.24, 2.45) is 0 Å². The van der Waals surface area contributed by atoms with Crippen LogP contribution in [-0.2, 0) is 14.8 Å². The van der Waals surface area contributed by atoms with E-state index >= 15 is 0 Å². The lowest BCUT2D eigenvalue weighted by atomic mass is 10.1. The average Bonchev–Trinajstić information content (AvgIpc) is 3.19. The number of aromatic amines is 2. The molecule has 4 rings (SSSR count). The molecular formula is C19H24N4O5S. The van der Waals surface area contributed by atoms with Crippen LogP contribution in [0.3, 0.4) is 0 Å². The Kier molecular flexibility index (Phi) is 6.06. The number of carboxylic acids is 1. The van der Waals surface area contributed by atoms with Gasteiger partial charge in [0.1, 0.15) is 5.52 Å². The van der Waals surface area contributed by atoms with Gasteiger partial charge in [-0.1, -0.05) is 6.92 Å². The van der Waals surface area contributed by atoms with E-state index in [2.05, 4.69) is 14.9 Å². The van der Waals surface area contributed by atoms with E-state index in [1.54, 1.807) is 37.4 Å². The number of aromatic nitrogens is 2. The van der Waals surface area contributed by atoms with E-state index in [4.69, 9.17) is 5.11 Å². The molecule has 156 valence electrons. The highest BCUT2D eigenvalue weighted by Gasteiger charge is 2.27. The number of piperazine rings is 1. The highest BCUT2D eigenvalue weighted by Crippen LogP contribution is 2.25. The van der Waals surface area contributed by atoms with Gasteiger partial charge in [-0.3, -0.25) is 9.59 Å². The first kappa shape index (κ1) is 21.0. The summed E-state index contributed by atoms with van der Waals surface area (Å²) < 4.78 is 27.3. The molecule has 9 nitrogen and oxygen atoms in total. The van der Waals surface area contributed by atoms with Crippen LogP contribution in [0, 0.1) is 0 Å². The van der Waals surface area contributed by atoms with Crippen LogP contribution in [-0.4, -0.2) is 71.9 Å². The lowest BCUT2D eigenvalue weighted by molar-refractivity contribution is -0.136. The highest BCUT2D eigenvalue weighted by molar-refractivity contribution is 7.89. The number of carbonyl (C=O) groups is 1. The molecule has 1 aliphatic heterocycles. The quantitative estimate of drug-likeness (QED) is 0.588. The molecule has 0 spiro atoms. The van der Waals surface area contributed by atoms with Crippen LogP contribution in [0.4, 0.5) is 0 Å². The van der Waals surface area contributed by atoms with Crippen molar-refractivity contribution in [1.82, 2.24) is 19.2 Å². The van der Waals surface area contributed by atoms with Gasteiger partial charge < -0.3 is 20.0 Å². The van der Waals surface area contributed by atoms with Gasteiger partial charge in [0.15, 0.2) is 0 Å². The maximum Gasteiger partial charge on any atom is 0.303 e. The summed E-state index contributed by atoms with van der Waals surface area (Å²) in [4.78, 5) is 29.4. The standard InChI is InChI=1S/C16H18N4O3S.C3H6O2/c1-19-6-8-20(9-7-19)24(22,23)11-2-3-14-13(10-11)12-4-5-17-15(12)16(21)18-14;1-2-3(4)5/h2-5,10,17H,6-9H2,1H3,(H,18,21);2H2,1H3,(H,4,5). The van der Waals surface area contributed by atoms with Gasteiger partial charge in [-0.15, -0.1) is 0 Å². The molecule has 1 fully saturated rings. The number of aliphatic carboxylic acids is 1. The Labute approximate surface area is 168 Å². The number of sulfonamides is 1. The highest BCUT2D eigenvalue weighted by atomic mass is 32.2. The molecule has 0 saturated carbocycles. The smallest absolute Gasteiger partial charge is 0.303 e. The fourth-order valence-electron chi connectivity index (χ4n) is 3.16. The third-order valence-corrected chi connectivity index (χ3v) is 6.80. The second-order valence-corrected chi connectivity index (χ2v) is 8.82. The van der Waals surface area contributed by atoms with Crippen LogP contribution >= 0.6 is 0 Å². The Morgan fingerprint density at radius 3 is 2.41 bits per heavy atom. The van der Waals surface area contributed by atoms with E-state index in [1.807, 2.05) is 7.05 Å². The monoisotopic (exact) mass is 420 g/mol. The zero-order valence-electron chi connectivity index (χ0n) is 16.3. The fraction of sp³-hybridized carbons (Fsp3) is 0.368. The predicted molar refractivity (Wildman–Crippen MR) is 111 cm³/mol. The number of carboxylic acid groups (broad SMARTS) is 1. The Bertz CT molecular complexity index is 1190. The molecule has 0 unspecified atom stereocenters. The molecule has 0 bridgehead atoms. The molecule has 0 amide bonds. The van der Waals surface area contributed by atoms with E-state index in [0.717, 1.165) is 23.9 Å². The van der Waals surface area contributed by atoms with Crippen LogP contribution in [0.2, 0.25) is 0 Å². The lowest BCUT2D eigenvalue weighted by Gasteiger charge is -2.31. The van der Waals surface area contributed by atoms with Crippen molar-refractivity contribution in [1.29, 1.82) is 0 Å².